The van der Waals surface area contributed by atoms with E-state index < -0.39 is 5.54 Å². The summed E-state index contributed by atoms with van der Waals surface area (Å²) in [6.07, 6.45) is 0. The largest absolute Gasteiger partial charge is 0.335 e. The third-order valence-electron chi connectivity index (χ3n) is 3.14. The summed E-state index contributed by atoms with van der Waals surface area (Å²) in [4.78, 5) is 13.9. The Balaban J connectivity index is 2.18. The fraction of sp³-hybridized carbons (Fsp3) is 0.462. The predicted octanol–water partition coefficient (Wildman–Crippen LogP) is 2.30. The number of hydrogen-bond donors (Lipinski definition) is 1. The van der Waals surface area contributed by atoms with Crippen LogP contribution in [0.5, 0.6) is 0 Å². The highest BCUT2D eigenvalue weighted by molar-refractivity contribution is 9.10. The van der Waals surface area contributed by atoms with Gasteiger partial charge in [-0.15, -0.1) is 0 Å². The summed E-state index contributed by atoms with van der Waals surface area (Å²) in [6, 6.07) is 4.79. The molecule has 0 aromatic heterocycles. The first-order valence-corrected chi connectivity index (χ1v) is 6.68. The standard InChI is InChI=1S/C13H16BrFN2O/c1-13(2)12(18)17(6-5-16-13)8-9-7-10(14)3-4-11(9)15/h3-4,7,16H,5-6,8H2,1-2H3. The van der Waals surface area contributed by atoms with E-state index in [0.717, 1.165) is 11.0 Å². The number of halogens is 2. The van der Waals surface area contributed by atoms with Crippen molar-refractivity contribution in [3.63, 3.8) is 0 Å². The zero-order valence-electron chi connectivity index (χ0n) is 10.5. The highest BCUT2D eigenvalue weighted by atomic mass is 79.9. The summed E-state index contributed by atoms with van der Waals surface area (Å²) in [6.45, 7) is 5.34. The average Bonchev–Trinajstić information content (AvgIpc) is 2.30. The van der Waals surface area contributed by atoms with Gasteiger partial charge < -0.3 is 10.2 Å². The molecule has 0 aliphatic carbocycles. The molecule has 1 aliphatic rings. The van der Waals surface area contributed by atoms with E-state index in [4.69, 9.17) is 0 Å². The lowest BCUT2D eigenvalue weighted by atomic mass is 10.0. The first-order valence-electron chi connectivity index (χ1n) is 5.88. The Morgan fingerprint density at radius 3 is 2.94 bits per heavy atom. The molecule has 1 aromatic rings. The SMILES string of the molecule is CC1(C)NCCN(Cc2cc(Br)ccc2F)C1=O. The summed E-state index contributed by atoms with van der Waals surface area (Å²) in [7, 11) is 0. The summed E-state index contributed by atoms with van der Waals surface area (Å²) >= 11 is 3.32. The average molecular weight is 315 g/mol. The molecule has 1 aromatic carbocycles. The maximum absolute atomic E-state index is 13.7. The highest BCUT2D eigenvalue weighted by Gasteiger charge is 2.35. The second-order valence-electron chi connectivity index (χ2n) is 5.01. The second-order valence-corrected chi connectivity index (χ2v) is 5.93. The summed E-state index contributed by atoms with van der Waals surface area (Å²) in [5.74, 6) is -0.268. The van der Waals surface area contributed by atoms with Crippen molar-refractivity contribution in [1.82, 2.24) is 10.2 Å². The van der Waals surface area contributed by atoms with E-state index in [1.165, 1.54) is 6.07 Å². The van der Waals surface area contributed by atoms with E-state index in [0.29, 0.717) is 18.7 Å². The van der Waals surface area contributed by atoms with Gasteiger partial charge in [0.1, 0.15) is 5.82 Å². The van der Waals surface area contributed by atoms with Crippen molar-refractivity contribution >= 4 is 21.8 Å². The van der Waals surface area contributed by atoms with Gasteiger partial charge in [-0.3, -0.25) is 4.79 Å². The Hall–Kier alpha value is -0.940. The molecule has 1 fully saturated rings. The van der Waals surface area contributed by atoms with Crippen molar-refractivity contribution in [3.8, 4) is 0 Å². The Labute approximate surface area is 114 Å². The zero-order chi connectivity index (χ0) is 13.3. The molecule has 1 aliphatic heterocycles. The summed E-state index contributed by atoms with van der Waals surface area (Å²) < 4.78 is 14.5. The molecule has 18 heavy (non-hydrogen) atoms. The number of piperazine rings is 1. The number of rotatable bonds is 2. The fourth-order valence-electron chi connectivity index (χ4n) is 2.10. The van der Waals surface area contributed by atoms with Gasteiger partial charge in [-0.25, -0.2) is 4.39 Å². The topological polar surface area (TPSA) is 32.3 Å². The third-order valence-corrected chi connectivity index (χ3v) is 3.63. The van der Waals surface area contributed by atoms with Crippen LogP contribution in [0.2, 0.25) is 0 Å². The minimum Gasteiger partial charge on any atom is -0.335 e. The lowest BCUT2D eigenvalue weighted by Crippen LogP contribution is -2.60. The number of carbonyl (C=O) groups is 1. The molecular formula is C13H16BrFN2O. The maximum Gasteiger partial charge on any atom is 0.242 e. The van der Waals surface area contributed by atoms with Gasteiger partial charge in [-0.1, -0.05) is 15.9 Å². The molecule has 1 heterocycles. The highest BCUT2D eigenvalue weighted by Crippen LogP contribution is 2.20. The van der Waals surface area contributed by atoms with E-state index >= 15 is 0 Å². The molecule has 1 N–H and O–H groups in total. The van der Waals surface area contributed by atoms with Crippen LogP contribution in [0.1, 0.15) is 19.4 Å². The van der Waals surface area contributed by atoms with Crippen LogP contribution in [-0.2, 0) is 11.3 Å². The lowest BCUT2D eigenvalue weighted by Gasteiger charge is -2.38. The molecule has 2 rings (SSSR count). The zero-order valence-corrected chi connectivity index (χ0v) is 12.1. The smallest absolute Gasteiger partial charge is 0.242 e. The predicted molar refractivity (Wildman–Crippen MR) is 71.6 cm³/mol. The van der Waals surface area contributed by atoms with Crippen LogP contribution in [0.15, 0.2) is 22.7 Å². The fourth-order valence-corrected chi connectivity index (χ4v) is 2.51. The molecule has 5 heteroatoms. The van der Waals surface area contributed by atoms with Crippen molar-refractivity contribution in [2.45, 2.75) is 25.9 Å². The molecule has 3 nitrogen and oxygen atoms in total. The lowest BCUT2D eigenvalue weighted by molar-refractivity contribution is -0.140. The third kappa shape index (κ3) is 2.72. The van der Waals surface area contributed by atoms with Crippen LogP contribution in [0.3, 0.4) is 0 Å². The summed E-state index contributed by atoms with van der Waals surface area (Å²) in [5, 5.41) is 3.16. The number of carbonyl (C=O) groups excluding carboxylic acids is 1. The number of amides is 1. The van der Waals surface area contributed by atoms with E-state index in [1.54, 1.807) is 17.0 Å². The minimum atomic E-state index is -0.569. The van der Waals surface area contributed by atoms with E-state index in [9.17, 15) is 9.18 Å². The number of benzene rings is 1. The molecule has 98 valence electrons. The van der Waals surface area contributed by atoms with Gasteiger partial charge >= 0.3 is 0 Å². The second kappa shape index (κ2) is 4.97. The van der Waals surface area contributed by atoms with Gasteiger partial charge in [0, 0.05) is 29.7 Å². The quantitative estimate of drug-likeness (QED) is 0.908. The Morgan fingerprint density at radius 1 is 1.50 bits per heavy atom. The molecular weight excluding hydrogens is 299 g/mol. The van der Waals surface area contributed by atoms with Crippen molar-refractivity contribution in [1.29, 1.82) is 0 Å². The molecule has 0 radical (unpaired) electrons. The van der Waals surface area contributed by atoms with Gasteiger partial charge in [-0.05, 0) is 32.0 Å². The van der Waals surface area contributed by atoms with E-state index in [-0.39, 0.29) is 11.7 Å². The van der Waals surface area contributed by atoms with Crippen molar-refractivity contribution in [3.05, 3.63) is 34.1 Å². The molecule has 1 saturated heterocycles. The maximum atomic E-state index is 13.7. The van der Waals surface area contributed by atoms with Gasteiger partial charge in [0.15, 0.2) is 0 Å². The number of nitrogens with one attached hydrogen (secondary N) is 1. The van der Waals surface area contributed by atoms with Gasteiger partial charge in [0.25, 0.3) is 0 Å². The Kier molecular flexibility index (Phi) is 3.73. The monoisotopic (exact) mass is 314 g/mol. The molecule has 0 unspecified atom stereocenters. The molecule has 0 spiro atoms. The van der Waals surface area contributed by atoms with Crippen molar-refractivity contribution in [2.75, 3.05) is 13.1 Å². The molecule has 1 amide bonds. The van der Waals surface area contributed by atoms with Crippen LogP contribution in [0.4, 0.5) is 4.39 Å². The first-order chi connectivity index (χ1) is 8.40. The Bertz CT molecular complexity index is 476. The van der Waals surface area contributed by atoms with Gasteiger partial charge in [0.2, 0.25) is 5.91 Å². The van der Waals surface area contributed by atoms with Crippen LogP contribution >= 0.6 is 15.9 Å². The minimum absolute atomic E-state index is 0.00752. The first kappa shape index (κ1) is 13.5. The van der Waals surface area contributed by atoms with Crippen LogP contribution in [-0.4, -0.2) is 29.4 Å². The van der Waals surface area contributed by atoms with Crippen molar-refractivity contribution in [2.24, 2.45) is 0 Å². The normalized spacial score (nSPS) is 19.1. The van der Waals surface area contributed by atoms with E-state index in [1.807, 2.05) is 13.8 Å². The number of hydrogen-bond acceptors (Lipinski definition) is 2. The van der Waals surface area contributed by atoms with Crippen LogP contribution in [0, 0.1) is 5.82 Å². The van der Waals surface area contributed by atoms with Crippen molar-refractivity contribution < 1.29 is 9.18 Å². The van der Waals surface area contributed by atoms with Crippen LogP contribution in [0.25, 0.3) is 0 Å². The Morgan fingerprint density at radius 2 is 2.22 bits per heavy atom. The summed E-state index contributed by atoms with van der Waals surface area (Å²) in [5.41, 5.74) is -0.0313. The van der Waals surface area contributed by atoms with Gasteiger partial charge in [0.05, 0.1) is 5.54 Å². The molecule has 0 saturated carbocycles. The number of nitrogens with zero attached hydrogens (tertiary/aromatic N) is 1. The molecule has 0 atom stereocenters. The van der Waals surface area contributed by atoms with E-state index in [2.05, 4.69) is 21.2 Å². The molecule has 0 bridgehead atoms. The van der Waals surface area contributed by atoms with Crippen LogP contribution < -0.4 is 5.32 Å². The van der Waals surface area contributed by atoms with Gasteiger partial charge in [-0.2, -0.15) is 0 Å².